The van der Waals surface area contributed by atoms with Gasteiger partial charge in [0.25, 0.3) is 0 Å². The Morgan fingerprint density at radius 1 is 1.56 bits per heavy atom. The number of unbranched alkanes of at least 4 members (excludes halogenated alkanes) is 1. The molecule has 0 spiro atoms. The summed E-state index contributed by atoms with van der Waals surface area (Å²) < 4.78 is 13.0. The molecule has 0 heterocycles. The van der Waals surface area contributed by atoms with E-state index < -0.39 is 5.92 Å². The average molecular weight is 248 g/mol. The molecule has 1 aromatic rings. The Kier molecular flexibility index (Phi) is 5.86. The first-order chi connectivity index (χ1) is 8.67. The molecule has 96 valence electrons. The van der Waals surface area contributed by atoms with E-state index in [1.54, 1.807) is 12.1 Å². The van der Waals surface area contributed by atoms with Crippen LogP contribution in [0.1, 0.15) is 37.7 Å². The smallest absolute Gasteiger partial charge is 0.221 e. The van der Waals surface area contributed by atoms with Gasteiger partial charge in [0.05, 0.1) is 12.0 Å². The Morgan fingerprint density at radius 3 is 2.94 bits per heavy atom. The number of rotatable bonds is 6. The molecule has 1 amide bonds. The molecule has 0 saturated heterocycles. The van der Waals surface area contributed by atoms with E-state index in [1.165, 1.54) is 12.1 Å². The van der Waals surface area contributed by atoms with Crippen molar-refractivity contribution >= 4 is 5.91 Å². The lowest BCUT2D eigenvalue weighted by molar-refractivity contribution is -0.121. The zero-order valence-corrected chi connectivity index (χ0v) is 10.4. The summed E-state index contributed by atoms with van der Waals surface area (Å²) >= 11 is 0. The summed E-state index contributed by atoms with van der Waals surface area (Å²) in [4.78, 5) is 11.6. The lowest BCUT2D eigenvalue weighted by Gasteiger charge is -2.09. The first-order valence-corrected chi connectivity index (χ1v) is 6.09. The van der Waals surface area contributed by atoms with Gasteiger partial charge in [-0.25, -0.2) is 4.39 Å². The molecule has 0 fully saturated rings. The summed E-state index contributed by atoms with van der Waals surface area (Å²) in [5, 5.41) is 11.8. The molecule has 18 heavy (non-hydrogen) atoms. The van der Waals surface area contributed by atoms with Crippen LogP contribution in [0.4, 0.5) is 4.39 Å². The van der Waals surface area contributed by atoms with Gasteiger partial charge in [-0.2, -0.15) is 5.26 Å². The highest BCUT2D eigenvalue weighted by Crippen LogP contribution is 2.19. The highest BCUT2D eigenvalue weighted by molar-refractivity contribution is 5.77. The SMILES string of the molecule is CCCCNC(=O)CC(C#N)c1cccc(F)c1. The van der Waals surface area contributed by atoms with Crippen LogP contribution in [0.2, 0.25) is 0 Å². The van der Waals surface area contributed by atoms with Crippen LogP contribution in [0.3, 0.4) is 0 Å². The van der Waals surface area contributed by atoms with E-state index in [4.69, 9.17) is 5.26 Å². The molecule has 1 N–H and O–H groups in total. The largest absolute Gasteiger partial charge is 0.356 e. The number of amides is 1. The van der Waals surface area contributed by atoms with Crippen LogP contribution >= 0.6 is 0 Å². The normalized spacial score (nSPS) is 11.6. The Hall–Kier alpha value is -1.89. The summed E-state index contributed by atoms with van der Waals surface area (Å²) in [5.74, 6) is -1.15. The van der Waals surface area contributed by atoms with Gasteiger partial charge in [0.1, 0.15) is 5.82 Å². The molecule has 0 saturated carbocycles. The molecule has 0 aliphatic heterocycles. The van der Waals surface area contributed by atoms with Crippen LogP contribution in [0.15, 0.2) is 24.3 Å². The Labute approximate surface area is 107 Å². The van der Waals surface area contributed by atoms with E-state index >= 15 is 0 Å². The topological polar surface area (TPSA) is 52.9 Å². The van der Waals surface area contributed by atoms with Crippen molar-refractivity contribution in [2.24, 2.45) is 0 Å². The second kappa shape index (κ2) is 7.44. The van der Waals surface area contributed by atoms with E-state index in [9.17, 15) is 9.18 Å². The zero-order chi connectivity index (χ0) is 13.4. The number of nitrogens with zero attached hydrogens (tertiary/aromatic N) is 1. The minimum Gasteiger partial charge on any atom is -0.356 e. The number of hydrogen-bond acceptors (Lipinski definition) is 2. The monoisotopic (exact) mass is 248 g/mol. The van der Waals surface area contributed by atoms with E-state index in [1.807, 2.05) is 13.0 Å². The standard InChI is InChI=1S/C14H17FN2O/c1-2-3-7-17-14(18)9-12(10-16)11-5-4-6-13(15)8-11/h4-6,8,12H,2-3,7,9H2,1H3,(H,17,18). The zero-order valence-electron chi connectivity index (χ0n) is 10.4. The number of hydrogen-bond donors (Lipinski definition) is 1. The number of nitriles is 1. The molecule has 0 bridgehead atoms. The van der Waals surface area contributed by atoms with Crippen LogP contribution in [-0.4, -0.2) is 12.5 Å². The first kappa shape index (κ1) is 14.2. The minimum atomic E-state index is -0.595. The summed E-state index contributed by atoms with van der Waals surface area (Å²) in [6.45, 7) is 2.66. The molecular formula is C14H17FN2O. The molecule has 0 radical (unpaired) electrons. The van der Waals surface area contributed by atoms with Gasteiger partial charge in [0, 0.05) is 13.0 Å². The molecule has 1 atom stereocenters. The third-order valence-corrected chi connectivity index (χ3v) is 2.65. The van der Waals surface area contributed by atoms with Gasteiger partial charge in [0.2, 0.25) is 5.91 Å². The van der Waals surface area contributed by atoms with Crippen LogP contribution in [-0.2, 0) is 4.79 Å². The van der Waals surface area contributed by atoms with Crippen molar-refractivity contribution in [3.8, 4) is 6.07 Å². The first-order valence-electron chi connectivity index (χ1n) is 6.09. The van der Waals surface area contributed by atoms with Crippen LogP contribution in [0.25, 0.3) is 0 Å². The van der Waals surface area contributed by atoms with Crippen molar-refractivity contribution in [3.63, 3.8) is 0 Å². The molecule has 1 rings (SSSR count). The fraction of sp³-hybridized carbons (Fsp3) is 0.429. The van der Waals surface area contributed by atoms with Crippen LogP contribution < -0.4 is 5.32 Å². The van der Waals surface area contributed by atoms with Crippen molar-refractivity contribution in [1.82, 2.24) is 5.32 Å². The second-order valence-corrected chi connectivity index (χ2v) is 4.14. The van der Waals surface area contributed by atoms with Crippen LogP contribution in [0, 0.1) is 17.1 Å². The molecule has 4 heteroatoms. The van der Waals surface area contributed by atoms with Crippen molar-refractivity contribution in [1.29, 1.82) is 5.26 Å². The summed E-state index contributed by atoms with van der Waals surface area (Å²) in [7, 11) is 0. The fourth-order valence-corrected chi connectivity index (χ4v) is 1.62. The lowest BCUT2D eigenvalue weighted by atomic mass is 9.97. The van der Waals surface area contributed by atoms with E-state index in [0.29, 0.717) is 12.1 Å². The molecule has 1 aromatic carbocycles. The molecule has 0 aliphatic rings. The number of carbonyl (C=O) groups excluding carboxylic acids is 1. The maximum atomic E-state index is 13.0. The van der Waals surface area contributed by atoms with Crippen molar-refractivity contribution in [3.05, 3.63) is 35.6 Å². The summed E-state index contributed by atoms with van der Waals surface area (Å²) in [6.07, 6.45) is 2.00. The van der Waals surface area contributed by atoms with Crippen molar-refractivity contribution < 1.29 is 9.18 Å². The van der Waals surface area contributed by atoms with Gasteiger partial charge in [0.15, 0.2) is 0 Å². The van der Waals surface area contributed by atoms with Gasteiger partial charge in [-0.15, -0.1) is 0 Å². The molecule has 1 unspecified atom stereocenters. The minimum absolute atomic E-state index is 0.0731. The highest BCUT2D eigenvalue weighted by atomic mass is 19.1. The van der Waals surface area contributed by atoms with Gasteiger partial charge < -0.3 is 5.32 Å². The lowest BCUT2D eigenvalue weighted by Crippen LogP contribution is -2.25. The average Bonchev–Trinajstić information content (AvgIpc) is 2.36. The van der Waals surface area contributed by atoms with Gasteiger partial charge >= 0.3 is 0 Å². The predicted molar refractivity (Wildman–Crippen MR) is 67.3 cm³/mol. The summed E-state index contributed by atoms with van der Waals surface area (Å²) in [6, 6.07) is 7.87. The molecule has 0 aliphatic carbocycles. The Morgan fingerprint density at radius 2 is 2.33 bits per heavy atom. The van der Waals surface area contributed by atoms with E-state index in [0.717, 1.165) is 12.8 Å². The summed E-state index contributed by atoms with van der Waals surface area (Å²) in [5.41, 5.74) is 0.545. The van der Waals surface area contributed by atoms with Gasteiger partial charge in [-0.3, -0.25) is 4.79 Å². The number of nitrogens with one attached hydrogen (secondary N) is 1. The van der Waals surface area contributed by atoms with E-state index in [2.05, 4.69) is 5.32 Å². The molecule has 0 aromatic heterocycles. The third kappa shape index (κ3) is 4.54. The van der Waals surface area contributed by atoms with E-state index in [-0.39, 0.29) is 18.1 Å². The van der Waals surface area contributed by atoms with Crippen LogP contribution in [0.5, 0.6) is 0 Å². The number of benzene rings is 1. The maximum Gasteiger partial charge on any atom is 0.221 e. The molecule has 3 nitrogen and oxygen atoms in total. The fourth-order valence-electron chi connectivity index (χ4n) is 1.62. The predicted octanol–water partition coefficient (Wildman–Crippen LogP) is 2.74. The van der Waals surface area contributed by atoms with Crippen molar-refractivity contribution in [2.75, 3.05) is 6.54 Å². The third-order valence-electron chi connectivity index (χ3n) is 2.65. The van der Waals surface area contributed by atoms with Gasteiger partial charge in [-0.05, 0) is 24.1 Å². The maximum absolute atomic E-state index is 13.0. The highest BCUT2D eigenvalue weighted by Gasteiger charge is 2.15. The Bertz CT molecular complexity index is 440. The van der Waals surface area contributed by atoms with Crippen molar-refractivity contribution in [2.45, 2.75) is 32.1 Å². The number of halogens is 1. The quantitative estimate of drug-likeness (QED) is 0.787. The Balaban J connectivity index is 2.57. The number of carbonyl (C=O) groups is 1. The van der Waals surface area contributed by atoms with Gasteiger partial charge in [-0.1, -0.05) is 25.5 Å². The second-order valence-electron chi connectivity index (χ2n) is 4.14. The molecular weight excluding hydrogens is 231 g/mol.